The minimum absolute atomic E-state index is 0.269. The van der Waals surface area contributed by atoms with Gasteiger partial charge in [0.25, 0.3) is 5.91 Å². The molecule has 0 fully saturated rings. The quantitative estimate of drug-likeness (QED) is 0.133. The molecule has 0 aliphatic carbocycles. The first-order valence-corrected chi connectivity index (χ1v) is 12.1. The van der Waals surface area contributed by atoms with Crippen molar-refractivity contribution in [1.82, 2.24) is 5.43 Å². The fourth-order valence-electron chi connectivity index (χ4n) is 3.65. The summed E-state index contributed by atoms with van der Waals surface area (Å²) in [7, 11) is 1.55. The number of fused-ring (bicyclic) bond motifs is 1. The molecule has 4 aromatic carbocycles. The molecule has 0 aromatic heterocycles. The number of hydrogen-bond acceptors (Lipinski definition) is 7. The minimum Gasteiger partial charge on any atom is -0.497 e. The fourth-order valence-corrected chi connectivity index (χ4v) is 3.65. The second kappa shape index (κ2) is 12.4. The molecule has 8 heteroatoms. The van der Waals surface area contributed by atoms with Crippen molar-refractivity contribution in [2.75, 3.05) is 13.7 Å². The summed E-state index contributed by atoms with van der Waals surface area (Å²) in [5.41, 5.74) is 3.51. The molecule has 1 N–H and O–H groups in total. The van der Waals surface area contributed by atoms with E-state index in [1.54, 1.807) is 56.5 Å². The first-order chi connectivity index (χ1) is 18.5. The van der Waals surface area contributed by atoms with Crippen LogP contribution in [0.5, 0.6) is 23.0 Å². The molecule has 8 nitrogen and oxygen atoms in total. The van der Waals surface area contributed by atoms with Crippen LogP contribution in [-0.2, 0) is 4.79 Å². The molecular weight excluding hydrogens is 484 g/mol. The van der Waals surface area contributed by atoms with Gasteiger partial charge in [0.05, 0.1) is 25.5 Å². The van der Waals surface area contributed by atoms with Crippen molar-refractivity contribution in [1.29, 1.82) is 0 Å². The number of hydrazone groups is 1. The summed E-state index contributed by atoms with van der Waals surface area (Å²) in [6.07, 6.45) is 0.705. The molecule has 1 unspecified atom stereocenters. The first kappa shape index (κ1) is 26.2. The van der Waals surface area contributed by atoms with E-state index in [2.05, 4.69) is 10.5 Å². The van der Waals surface area contributed by atoms with Crippen molar-refractivity contribution in [2.45, 2.75) is 20.0 Å². The van der Waals surface area contributed by atoms with Gasteiger partial charge in [0.15, 0.2) is 17.6 Å². The maximum Gasteiger partial charge on any atom is 0.343 e. The van der Waals surface area contributed by atoms with Gasteiger partial charge in [-0.3, -0.25) is 4.79 Å². The minimum atomic E-state index is -0.767. The molecule has 194 valence electrons. The van der Waals surface area contributed by atoms with Gasteiger partial charge < -0.3 is 18.9 Å². The van der Waals surface area contributed by atoms with Gasteiger partial charge in [-0.2, -0.15) is 5.10 Å². The smallest absolute Gasteiger partial charge is 0.343 e. The second-order valence-corrected chi connectivity index (χ2v) is 8.23. The Morgan fingerprint density at radius 1 is 0.921 bits per heavy atom. The summed E-state index contributed by atoms with van der Waals surface area (Å²) in [4.78, 5) is 25.1. The van der Waals surface area contributed by atoms with Gasteiger partial charge in [-0.15, -0.1) is 0 Å². The molecule has 0 aliphatic rings. The molecular formula is C30H28N2O6. The van der Waals surface area contributed by atoms with Crippen LogP contribution in [0.15, 0.2) is 90.0 Å². The number of nitrogens with one attached hydrogen (secondary N) is 1. The standard InChI is InChI=1S/C30H28N2O6/c1-4-36-28-18-21(12-17-27(28)38-30(34)23-13-15-24(35-3)16-14-23)19-31-32-29(33)20(2)37-26-11-7-9-22-8-5-6-10-25(22)26/h5-20H,4H2,1-3H3,(H,32,33)/b31-19+. The third kappa shape index (κ3) is 6.47. The first-order valence-electron chi connectivity index (χ1n) is 12.1. The van der Waals surface area contributed by atoms with E-state index >= 15 is 0 Å². The Morgan fingerprint density at radius 2 is 1.68 bits per heavy atom. The van der Waals surface area contributed by atoms with Crippen LogP contribution in [0, 0.1) is 0 Å². The number of methoxy groups -OCH3 is 1. The van der Waals surface area contributed by atoms with Gasteiger partial charge in [-0.25, -0.2) is 10.2 Å². The molecule has 0 bridgehead atoms. The highest BCUT2D eigenvalue weighted by Crippen LogP contribution is 2.29. The predicted molar refractivity (Wildman–Crippen MR) is 145 cm³/mol. The summed E-state index contributed by atoms with van der Waals surface area (Å²) < 4.78 is 22.2. The molecule has 4 rings (SSSR count). The second-order valence-electron chi connectivity index (χ2n) is 8.23. The van der Waals surface area contributed by atoms with E-state index in [-0.39, 0.29) is 5.75 Å². The van der Waals surface area contributed by atoms with Crippen LogP contribution in [0.3, 0.4) is 0 Å². The third-order valence-corrected chi connectivity index (χ3v) is 5.61. The highest BCUT2D eigenvalue weighted by molar-refractivity contribution is 5.92. The molecule has 4 aromatic rings. The summed E-state index contributed by atoms with van der Waals surface area (Å²) in [5, 5.41) is 5.99. The molecule has 0 radical (unpaired) electrons. The molecule has 38 heavy (non-hydrogen) atoms. The molecule has 0 saturated heterocycles. The monoisotopic (exact) mass is 512 g/mol. The van der Waals surface area contributed by atoms with Crippen LogP contribution in [0.2, 0.25) is 0 Å². The van der Waals surface area contributed by atoms with E-state index in [1.807, 2.05) is 49.4 Å². The van der Waals surface area contributed by atoms with Crippen molar-refractivity contribution in [3.05, 3.63) is 96.1 Å². The van der Waals surface area contributed by atoms with Gasteiger partial charge in [0.2, 0.25) is 0 Å². The van der Waals surface area contributed by atoms with Crippen molar-refractivity contribution in [3.63, 3.8) is 0 Å². The zero-order chi connectivity index (χ0) is 26.9. The van der Waals surface area contributed by atoms with Crippen molar-refractivity contribution < 1.29 is 28.5 Å². The number of ether oxygens (including phenoxy) is 4. The van der Waals surface area contributed by atoms with E-state index in [4.69, 9.17) is 18.9 Å². The Labute approximate surface area is 220 Å². The van der Waals surface area contributed by atoms with Crippen LogP contribution in [0.1, 0.15) is 29.8 Å². The lowest BCUT2D eigenvalue weighted by molar-refractivity contribution is -0.127. The fraction of sp³-hybridized carbons (Fsp3) is 0.167. The number of carbonyl (C=O) groups is 2. The number of nitrogens with zero attached hydrogens (tertiary/aromatic N) is 1. The summed E-state index contributed by atoms with van der Waals surface area (Å²) in [6, 6.07) is 25.1. The van der Waals surface area contributed by atoms with Crippen molar-refractivity contribution in [3.8, 4) is 23.0 Å². The Morgan fingerprint density at radius 3 is 2.45 bits per heavy atom. The van der Waals surface area contributed by atoms with Crippen LogP contribution in [-0.4, -0.2) is 37.9 Å². The van der Waals surface area contributed by atoms with E-state index in [9.17, 15) is 9.59 Å². The number of rotatable bonds is 10. The number of esters is 1. The highest BCUT2D eigenvalue weighted by Gasteiger charge is 2.16. The normalized spacial score (nSPS) is 11.7. The Balaban J connectivity index is 1.39. The molecule has 0 heterocycles. The molecule has 1 amide bonds. The van der Waals surface area contributed by atoms with Crippen molar-refractivity contribution >= 4 is 28.9 Å². The summed E-state index contributed by atoms with van der Waals surface area (Å²) >= 11 is 0. The highest BCUT2D eigenvalue weighted by atomic mass is 16.6. The largest absolute Gasteiger partial charge is 0.497 e. The lowest BCUT2D eigenvalue weighted by Crippen LogP contribution is -2.33. The average Bonchev–Trinajstić information content (AvgIpc) is 2.94. The van der Waals surface area contributed by atoms with Crippen molar-refractivity contribution in [2.24, 2.45) is 5.10 Å². The average molecular weight is 513 g/mol. The zero-order valence-electron chi connectivity index (χ0n) is 21.3. The number of hydrogen-bond donors (Lipinski definition) is 1. The van der Waals surface area contributed by atoms with E-state index in [1.165, 1.54) is 6.21 Å². The van der Waals surface area contributed by atoms with Gasteiger partial charge in [0, 0.05) is 5.39 Å². The van der Waals surface area contributed by atoms with Crippen LogP contribution in [0.25, 0.3) is 10.8 Å². The van der Waals surface area contributed by atoms with Crippen LogP contribution < -0.4 is 24.4 Å². The molecule has 0 aliphatic heterocycles. The van der Waals surface area contributed by atoms with Gasteiger partial charge in [-0.05, 0) is 73.3 Å². The Bertz CT molecular complexity index is 1440. The maximum atomic E-state index is 12.6. The maximum absolute atomic E-state index is 12.6. The third-order valence-electron chi connectivity index (χ3n) is 5.61. The number of amides is 1. The van der Waals surface area contributed by atoms with Gasteiger partial charge in [0.1, 0.15) is 11.5 Å². The Hall–Kier alpha value is -4.85. The molecule has 0 spiro atoms. The number of carbonyl (C=O) groups excluding carboxylic acids is 2. The van der Waals surface area contributed by atoms with Crippen LogP contribution in [0.4, 0.5) is 0 Å². The van der Waals surface area contributed by atoms with Gasteiger partial charge >= 0.3 is 5.97 Å². The summed E-state index contributed by atoms with van der Waals surface area (Å²) in [6.45, 7) is 3.85. The molecule has 1 atom stereocenters. The Kier molecular flexibility index (Phi) is 8.56. The lowest BCUT2D eigenvalue weighted by atomic mass is 10.1. The topological polar surface area (TPSA) is 95.5 Å². The predicted octanol–water partition coefficient (Wildman–Crippen LogP) is 5.38. The molecule has 0 saturated carbocycles. The van der Waals surface area contributed by atoms with E-state index < -0.39 is 18.0 Å². The van der Waals surface area contributed by atoms with Gasteiger partial charge in [-0.1, -0.05) is 36.4 Å². The van der Waals surface area contributed by atoms with E-state index in [0.29, 0.717) is 35.0 Å². The van der Waals surface area contributed by atoms with Crippen LogP contribution >= 0.6 is 0 Å². The zero-order valence-corrected chi connectivity index (χ0v) is 21.3. The lowest BCUT2D eigenvalue weighted by Gasteiger charge is -2.14. The van der Waals surface area contributed by atoms with E-state index in [0.717, 1.165) is 10.8 Å². The summed E-state index contributed by atoms with van der Waals surface area (Å²) in [5.74, 6) is 0.979. The SMILES string of the molecule is CCOc1cc(/C=N/NC(=O)C(C)Oc2cccc3ccccc23)ccc1OC(=O)c1ccc(OC)cc1. The number of benzene rings is 4.